The zero-order chi connectivity index (χ0) is 19.9. The number of nitrogens with zero attached hydrogens (tertiary/aromatic N) is 4. The summed E-state index contributed by atoms with van der Waals surface area (Å²) in [6.07, 6.45) is 0. The first-order valence-corrected chi connectivity index (χ1v) is 10.7. The molecule has 0 spiro atoms. The van der Waals surface area contributed by atoms with Crippen LogP contribution >= 0.6 is 11.6 Å². The Kier molecular flexibility index (Phi) is 5.54. The molecule has 2 heterocycles. The summed E-state index contributed by atoms with van der Waals surface area (Å²) < 4.78 is 29.1. The monoisotopic (exact) mass is 412 g/mol. The van der Waals surface area contributed by atoms with Crippen LogP contribution < -0.4 is 0 Å². The van der Waals surface area contributed by atoms with Gasteiger partial charge >= 0.3 is 0 Å². The van der Waals surface area contributed by atoms with Gasteiger partial charge in [-0.25, -0.2) is 0 Å². The van der Waals surface area contributed by atoms with Crippen LogP contribution in [0.3, 0.4) is 0 Å². The molecular weight excluding hydrogens is 388 g/mol. The Bertz CT molecular complexity index is 960. The Labute approximate surface area is 165 Å². The van der Waals surface area contributed by atoms with E-state index >= 15 is 0 Å². The van der Waals surface area contributed by atoms with Crippen molar-refractivity contribution in [1.82, 2.24) is 18.1 Å². The molecule has 0 radical (unpaired) electrons. The summed E-state index contributed by atoms with van der Waals surface area (Å²) in [7, 11) is -0.426. The summed E-state index contributed by atoms with van der Waals surface area (Å²) in [5, 5.41) is 1.55. The summed E-state index contributed by atoms with van der Waals surface area (Å²) in [5.74, 6) is -0.0853. The first-order valence-electron chi connectivity index (χ1n) is 8.90. The van der Waals surface area contributed by atoms with Crippen LogP contribution in [-0.4, -0.2) is 72.7 Å². The minimum absolute atomic E-state index is 0.0853. The number of hydrogen-bond donors (Lipinski definition) is 0. The summed E-state index contributed by atoms with van der Waals surface area (Å²) in [4.78, 5) is 14.9. The Morgan fingerprint density at radius 1 is 1.11 bits per heavy atom. The summed E-state index contributed by atoms with van der Waals surface area (Å²) >= 11 is 6.10. The zero-order valence-electron chi connectivity index (χ0n) is 16.0. The van der Waals surface area contributed by atoms with Gasteiger partial charge in [0.2, 0.25) is 0 Å². The van der Waals surface area contributed by atoms with Crippen LogP contribution in [0.1, 0.15) is 30.4 Å². The van der Waals surface area contributed by atoms with Crippen molar-refractivity contribution in [2.45, 2.75) is 19.9 Å². The molecule has 1 aliphatic rings. The molecule has 148 valence electrons. The van der Waals surface area contributed by atoms with Gasteiger partial charge in [0.1, 0.15) is 5.69 Å². The summed E-state index contributed by atoms with van der Waals surface area (Å²) in [6.45, 7) is 5.39. The third-order valence-electron chi connectivity index (χ3n) is 4.85. The van der Waals surface area contributed by atoms with Gasteiger partial charge in [0, 0.05) is 62.2 Å². The van der Waals surface area contributed by atoms with Gasteiger partial charge in [0.15, 0.2) is 0 Å². The van der Waals surface area contributed by atoms with Crippen LogP contribution in [0.5, 0.6) is 0 Å². The fraction of sp³-hybridized carbons (Fsp3) is 0.500. The van der Waals surface area contributed by atoms with Gasteiger partial charge < -0.3 is 9.47 Å². The SMILES string of the molecule is CC(C)n1c(C(=O)N2CCN(S(=O)(=O)N(C)C)CC2)cc2cc(Cl)ccc21. The van der Waals surface area contributed by atoms with E-state index in [1.165, 1.54) is 22.7 Å². The second kappa shape index (κ2) is 7.43. The quantitative estimate of drug-likeness (QED) is 0.774. The average molecular weight is 413 g/mol. The third-order valence-corrected chi connectivity index (χ3v) is 7.03. The predicted octanol–water partition coefficient (Wildman–Crippen LogP) is 2.44. The van der Waals surface area contributed by atoms with E-state index in [-0.39, 0.29) is 11.9 Å². The van der Waals surface area contributed by atoms with Gasteiger partial charge in [-0.2, -0.15) is 17.0 Å². The molecule has 7 nitrogen and oxygen atoms in total. The number of carbonyl (C=O) groups excluding carboxylic acids is 1. The van der Waals surface area contributed by atoms with Gasteiger partial charge in [-0.1, -0.05) is 11.6 Å². The minimum atomic E-state index is -3.45. The van der Waals surface area contributed by atoms with Gasteiger partial charge in [0.05, 0.1) is 0 Å². The first kappa shape index (κ1) is 20.1. The zero-order valence-corrected chi connectivity index (χ0v) is 17.6. The largest absolute Gasteiger partial charge is 0.335 e. The van der Waals surface area contributed by atoms with E-state index < -0.39 is 10.2 Å². The first-order chi connectivity index (χ1) is 12.6. The maximum absolute atomic E-state index is 13.2. The molecule has 9 heteroatoms. The van der Waals surface area contributed by atoms with E-state index in [1.807, 2.05) is 42.7 Å². The molecule has 1 aliphatic heterocycles. The van der Waals surface area contributed by atoms with Crippen molar-refractivity contribution in [2.24, 2.45) is 0 Å². The highest BCUT2D eigenvalue weighted by Crippen LogP contribution is 2.28. The van der Waals surface area contributed by atoms with Crippen molar-refractivity contribution in [3.05, 3.63) is 35.0 Å². The molecule has 1 aromatic heterocycles. The molecule has 0 unspecified atom stereocenters. The molecular formula is C18H25ClN4O3S. The lowest BCUT2D eigenvalue weighted by Crippen LogP contribution is -2.53. The van der Waals surface area contributed by atoms with Crippen molar-refractivity contribution in [3.63, 3.8) is 0 Å². The number of piperazine rings is 1. The van der Waals surface area contributed by atoms with Gasteiger partial charge in [-0.05, 0) is 38.1 Å². The lowest BCUT2D eigenvalue weighted by Gasteiger charge is -2.35. The number of aromatic nitrogens is 1. The highest BCUT2D eigenvalue weighted by molar-refractivity contribution is 7.86. The van der Waals surface area contributed by atoms with E-state index in [1.54, 1.807) is 4.90 Å². The lowest BCUT2D eigenvalue weighted by atomic mass is 10.2. The number of fused-ring (bicyclic) bond motifs is 1. The van der Waals surface area contributed by atoms with E-state index in [0.717, 1.165) is 10.9 Å². The molecule has 3 rings (SSSR count). The molecule has 0 atom stereocenters. The second-order valence-electron chi connectivity index (χ2n) is 7.18. The molecule has 1 aromatic carbocycles. The Balaban J connectivity index is 1.86. The maximum Gasteiger partial charge on any atom is 0.281 e. The third kappa shape index (κ3) is 3.71. The number of rotatable bonds is 4. The van der Waals surface area contributed by atoms with Crippen LogP contribution in [-0.2, 0) is 10.2 Å². The van der Waals surface area contributed by atoms with E-state index in [0.29, 0.717) is 36.9 Å². The van der Waals surface area contributed by atoms with Gasteiger partial charge in [0.25, 0.3) is 16.1 Å². The minimum Gasteiger partial charge on any atom is -0.335 e. The summed E-state index contributed by atoms with van der Waals surface area (Å²) in [5.41, 5.74) is 1.57. The van der Waals surface area contributed by atoms with Crippen molar-refractivity contribution in [2.75, 3.05) is 40.3 Å². The average Bonchev–Trinajstić information content (AvgIpc) is 2.99. The van der Waals surface area contributed by atoms with E-state index in [9.17, 15) is 13.2 Å². The normalized spacial score (nSPS) is 16.6. The number of carbonyl (C=O) groups is 1. The van der Waals surface area contributed by atoms with Gasteiger partial charge in [-0.15, -0.1) is 0 Å². The lowest BCUT2D eigenvalue weighted by molar-refractivity contribution is 0.0683. The maximum atomic E-state index is 13.2. The fourth-order valence-corrected chi connectivity index (χ4v) is 4.71. The second-order valence-corrected chi connectivity index (χ2v) is 9.76. The number of amides is 1. The van der Waals surface area contributed by atoms with Crippen molar-refractivity contribution >= 4 is 38.6 Å². The Morgan fingerprint density at radius 2 is 1.74 bits per heavy atom. The van der Waals surface area contributed by atoms with Crippen molar-refractivity contribution in [3.8, 4) is 0 Å². The molecule has 1 amide bonds. The predicted molar refractivity (Wildman–Crippen MR) is 107 cm³/mol. The van der Waals surface area contributed by atoms with Crippen molar-refractivity contribution < 1.29 is 13.2 Å². The smallest absolute Gasteiger partial charge is 0.281 e. The molecule has 1 saturated heterocycles. The number of hydrogen-bond acceptors (Lipinski definition) is 3. The van der Waals surface area contributed by atoms with E-state index in [2.05, 4.69) is 0 Å². The van der Waals surface area contributed by atoms with Crippen LogP contribution in [0, 0.1) is 0 Å². The molecule has 0 aliphatic carbocycles. The molecule has 27 heavy (non-hydrogen) atoms. The van der Waals surface area contributed by atoms with Crippen LogP contribution in [0.2, 0.25) is 5.02 Å². The standard InChI is InChI=1S/C18H25ClN4O3S/c1-13(2)23-16-6-5-15(19)11-14(16)12-17(23)18(24)21-7-9-22(10-8-21)27(25,26)20(3)4/h5-6,11-13H,7-10H2,1-4H3. The van der Waals surface area contributed by atoms with Crippen LogP contribution in [0.4, 0.5) is 0 Å². The molecule has 0 saturated carbocycles. The molecule has 2 aromatic rings. The van der Waals surface area contributed by atoms with Gasteiger partial charge in [-0.3, -0.25) is 4.79 Å². The molecule has 1 fully saturated rings. The summed E-state index contributed by atoms with van der Waals surface area (Å²) in [6, 6.07) is 7.58. The number of benzene rings is 1. The number of halogens is 1. The topological polar surface area (TPSA) is 65.9 Å². The van der Waals surface area contributed by atoms with E-state index in [4.69, 9.17) is 11.6 Å². The Morgan fingerprint density at radius 3 is 2.30 bits per heavy atom. The van der Waals surface area contributed by atoms with Crippen LogP contribution in [0.15, 0.2) is 24.3 Å². The Hall–Kier alpha value is -1.61. The molecule has 0 bridgehead atoms. The molecule has 0 N–H and O–H groups in total. The highest BCUT2D eigenvalue weighted by Gasteiger charge is 2.31. The highest BCUT2D eigenvalue weighted by atomic mass is 35.5. The fourth-order valence-electron chi connectivity index (χ4n) is 3.44. The van der Waals surface area contributed by atoms with Crippen molar-refractivity contribution in [1.29, 1.82) is 0 Å². The van der Waals surface area contributed by atoms with Crippen LogP contribution in [0.25, 0.3) is 10.9 Å².